The van der Waals surface area contributed by atoms with E-state index in [0.29, 0.717) is 10.5 Å². The van der Waals surface area contributed by atoms with E-state index in [2.05, 4.69) is 5.32 Å². The van der Waals surface area contributed by atoms with Gasteiger partial charge in [-0.2, -0.15) is 13.2 Å². The highest BCUT2D eigenvalue weighted by Gasteiger charge is 2.41. The fourth-order valence-electron chi connectivity index (χ4n) is 2.66. The Kier molecular flexibility index (Phi) is 5.66. The molecule has 2 rings (SSSR count). The number of aliphatic carboxylic acids is 1. The van der Waals surface area contributed by atoms with E-state index in [1.54, 1.807) is 30.3 Å². The summed E-state index contributed by atoms with van der Waals surface area (Å²) in [5.41, 5.74) is 0.691. The number of carbonyl (C=O) groups excluding carboxylic acids is 2. The fourth-order valence-corrected chi connectivity index (χ4v) is 2.66. The van der Waals surface area contributed by atoms with Gasteiger partial charge in [0.1, 0.15) is 12.6 Å². The second-order valence-corrected chi connectivity index (χ2v) is 5.88. The molecular formula is C16H17F3N2O4. The highest BCUT2D eigenvalue weighted by Crippen LogP contribution is 2.24. The number of hydrogen-bond donors (Lipinski definition) is 2. The number of nitrogens with zero attached hydrogens (tertiary/aromatic N) is 1. The highest BCUT2D eigenvalue weighted by atomic mass is 19.4. The van der Waals surface area contributed by atoms with Crippen LogP contribution in [-0.4, -0.2) is 53.1 Å². The zero-order valence-electron chi connectivity index (χ0n) is 13.1. The molecule has 1 aliphatic heterocycles. The summed E-state index contributed by atoms with van der Waals surface area (Å²) in [6.07, 6.45) is -4.87. The van der Waals surface area contributed by atoms with Gasteiger partial charge in [-0.1, -0.05) is 30.3 Å². The van der Waals surface area contributed by atoms with Crippen LogP contribution in [0, 0.1) is 5.92 Å². The Labute approximate surface area is 141 Å². The van der Waals surface area contributed by atoms with Crippen LogP contribution in [0.4, 0.5) is 13.2 Å². The first kappa shape index (κ1) is 18.8. The Morgan fingerprint density at radius 1 is 1.28 bits per heavy atom. The molecule has 2 unspecified atom stereocenters. The van der Waals surface area contributed by atoms with Gasteiger partial charge in [-0.3, -0.25) is 9.59 Å². The molecule has 0 aliphatic carbocycles. The molecule has 0 saturated carbocycles. The van der Waals surface area contributed by atoms with E-state index in [1.807, 2.05) is 0 Å². The van der Waals surface area contributed by atoms with Gasteiger partial charge in [0.05, 0.1) is 5.92 Å². The number of benzene rings is 1. The topological polar surface area (TPSA) is 86.7 Å². The van der Waals surface area contributed by atoms with Crippen molar-refractivity contribution in [3.05, 3.63) is 35.9 Å². The van der Waals surface area contributed by atoms with Crippen LogP contribution in [-0.2, 0) is 20.8 Å². The van der Waals surface area contributed by atoms with Crippen LogP contribution in [0.1, 0.15) is 12.0 Å². The van der Waals surface area contributed by atoms with E-state index in [9.17, 15) is 32.7 Å². The third kappa shape index (κ3) is 5.47. The summed E-state index contributed by atoms with van der Waals surface area (Å²) in [5.74, 6) is -3.75. The van der Waals surface area contributed by atoms with E-state index < -0.39 is 42.5 Å². The average molecular weight is 358 g/mol. The smallest absolute Gasteiger partial charge is 0.406 e. The highest BCUT2D eigenvalue weighted by molar-refractivity contribution is 5.91. The molecule has 1 aliphatic rings. The normalized spacial score (nSPS) is 18.9. The van der Waals surface area contributed by atoms with Crippen LogP contribution in [0.3, 0.4) is 0 Å². The lowest BCUT2D eigenvalue weighted by molar-refractivity contribution is -0.157. The predicted octanol–water partition coefficient (Wildman–Crippen LogP) is 1.21. The van der Waals surface area contributed by atoms with Gasteiger partial charge in [0.15, 0.2) is 0 Å². The molecule has 6 nitrogen and oxygen atoms in total. The molecule has 2 N–H and O–H groups in total. The summed E-state index contributed by atoms with van der Waals surface area (Å²) < 4.78 is 37.2. The van der Waals surface area contributed by atoms with Gasteiger partial charge in [-0.15, -0.1) is 0 Å². The van der Waals surface area contributed by atoms with Crippen molar-refractivity contribution in [3.8, 4) is 0 Å². The van der Waals surface area contributed by atoms with Gasteiger partial charge in [-0.05, 0) is 5.56 Å². The van der Waals surface area contributed by atoms with E-state index in [-0.39, 0.29) is 19.4 Å². The van der Waals surface area contributed by atoms with Crippen molar-refractivity contribution in [2.45, 2.75) is 25.1 Å². The molecule has 0 bridgehead atoms. The molecular weight excluding hydrogens is 341 g/mol. The maximum atomic E-state index is 12.4. The first-order valence-electron chi connectivity index (χ1n) is 7.57. The minimum absolute atomic E-state index is 0.0366. The summed E-state index contributed by atoms with van der Waals surface area (Å²) in [6, 6.07) is 7.39. The molecule has 1 fully saturated rings. The average Bonchev–Trinajstić information content (AvgIpc) is 2.86. The Morgan fingerprint density at radius 3 is 2.48 bits per heavy atom. The quantitative estimate of drug-likeness (QED) is 0.800. The van der Waals surface area contributed by atoms with Crippen LogP contribution < -0.4 is 5.32 Å². The van der Waals surface area contributed by atoms with Crippen LogP contribution in [0.5, 0.6) is 0 Å². The van der Waals surface area contributed by atoms with Crippen molar-refractivity contribution < 1.29 is 32.7 Å². The Hall–Kier alpha value is -2.58. The summed E-state index contributed by atoms with van der Waals surface area (Å²) in [6.45, 7) is -1.79. The number of halogens is 3. The zero-order valence-corrected chi connectivity index (χ0v) is 13.1. The molecule has 0 aromatic heterocycles. The van der Waals surface area contributed by atoms with Crippen molar-refractivity contribution in [2.75, 3.05) is 13.1 Å². The van der Waals surface area contributed by atoms with E-state index in [4.69, 9.17) is 0 Å². The molecule has 1 aromatic carbocycles. The lowest BCUT2D eigenvalue weighted by atomic mass is 10.0. The molecule has 1 aromatic rings. The number of amides is 2. The zero-order chi connectivity index (χ0) is 18.6. The third-order valence-corrected chi connectivity index (χ3v) is 3.85. The Balaban J connectivity index is 1.97. The van der Waals surface area contributed by atoms with Crippen molar-refractivity contribution in [1.29, 1.82) is 0 Å². The molecule has 2 amide bonds. The molecule has 25 heavy (non-hydrogen) atoms. The Bertz CT molecular complexity index is 649. The van der Waals surface area contributed by atoms with Crippen molar-refractivity contribution in [3.63, 3.8) is 0 Å². The summed E-state index contributed by atoms with van der Waals surface area (Å²) in [7, 11) is 0. The van der Waals surface area contributed by atoms with Crippen LogP contribution in [0.15, 0.2) is 30.3 Å². The van der Waals surface area contributed by atoms with Crippen molar-refractivity contribution in [2.24, 2.45) is 5.92 Å². The third-order valence-electron chi connectivity index (χ3n) is 3.85. The number of hydrogen-bond acceptors (Lipinski definition) is 3. The van der Waals surface area contributed by atoms with Crippen LogP contribution in [0.25, 0.3) is 0 Å². The van der Waals surface area contributed by atoms with Crippen molar-refractivity contribution >= 4 is 17.8 Å². The minimum Gasteiger partial charge on any atom is -0.480 e. The standard InChI is InChI=1S/C16H17F3N2O4/c17-16(18,19)9-21-8-11(7-13(21)22)14(23)20-12(15(24)25)6-10-4-2-1-3-5-10/h1-5,11-12H,6-9H2,(H,20,23)(H,24,25). The Morgan fingerprint density at radius 2 is 1.92 bits per heavy atom. The number of likely N-dealkylation sites (tertiary alicyclic amines) is 1. The summed E-state index contributed by atoms with van der Waals surface area (Å²) >= 11 is 0. The first-order valence-corrected chi connectivity index (χ1v) is 7.57. The number of carboxylic acids is 1. The maximum absolute atomic E-state index is 12.4. The number of alkyl halides is 3. The van der Waals surface area contributed by atoms with Gasteiger partial charge in [-0.25, -0.2) is 4.79 Å². The van der Waals surface area contributed by atoms with Gasteiger partial charge >= 0.3 is 12.1 Å². The van der Waals surface area contributed by atoms with Gasteiger partial charge in [0, 0.05) is 19.4 Å². The lowest BCUT2D eigenvalue weighted by Gasteiger charge is -2.19. The second kappa shape index (κ2) is 7.54. The number of rotatable bonds is 6. The molecule has 136 valence electrons. The molecule has 1 heterocycles. The van der Waals surface area contributed by atoms with Crippen LogP contribution in [0.2, 0.25) is 0 Å². The number of nitrogens with one attached hydrogen (secondary N) is 1. The SMILES string of the molecule is O=C(NC(Cc1ccccc1)C(=O)O)C1CC(=O)N(CC(F)(F)F)C1. The number of carboxylic acid groups (broad SMARTS) is 1. The van der Waals surface area contributed by atoms with Crippen LogP contribution >= 0.6 is 0 Å². The van der Waals surface area contributed by atoms with E-state index >= 15 is 0 Å². The van der Waals surface area contributed by atoms with Gasteiger partial charge in [0.2, 0.25) is 11.8 Å². The monoisotopic (exact) mass is 358 g/mol. The number of carbonyl (C=O) groups is 3. The van der Waals surface area contributed by atoms with Gasteiger partial charge < -0.3 is 15.3 Å². The first-order chi connectivity index (χ1) is 11.7. The molecule has 1 saturated heterocycles. The fraction of sp³-hybridized carbons (Fsp3) is 0.438. The summed E-state index contributed by atoms with van der Waals surface area (Å²) in [5, 5.41) is 11.6. The molecule has 0 spiro atoms. The second-order valence-electron chi connectivity index (χ2n) is 5.88. The summed E-state index contributed by atoms with van der Waals surface area (Å²) in [4.78, 5) is 35.7. The van der Waals surface area contributed by atoms with Crippen molar-refractivity contribution in [1.82, 2.24) is 10.2 Å². The minimum atomic E-state index is -4.54. The predicted molar refractivity (Wildman–Crippen MR) is 80.5 cm³/mol. The maximum Gasteiger partial charge on any atom is 0.406 e. The van der Waals surface area contributed by atoms with Gasteiger partial charge in [0.25, 0.3) is 0 Å². The lowest BCUT2D eigenvalue weighted by Crippen LogP contribution is -2.45. The molecule has 2 atom stereocenters. The molecule has 9 heteroatoms. The van der Waals surface area contributed by atoms with E-state index in [1.165, 1.54) is 0 Å². The molecule has 0 radical (unpaired) electrons. The largest absolute Gasteiger partial charge is 0.480 e. The van der Waals surface area contributed by atoms with E-state index in [0.717, 1.165) is 0 Å².